The molecule has 118 valence electrons. The van der Waals surface area contributed by atoms with Crippen molar-refractivity contribution in [2.24, 2.45) is 10.2 Å². The van der Waals surface area contributed by atoms with Gasteiger partial charge in [0.15, 0.2) is 0 Å². The zero-order valence-electron chi connectivity index (χ0n) is 13.5. The molecule has 0 aliphatic rings. The van der Waals surface area contributed by atoms with E-state index in [1.54, 1.807) is 13.3 Å². The zero-order valence-corrected chi connectivity index (χ0v) is 13.5. The van der Waals surface area contributed by atoms with Gasteiger partial charge in [-0.15, -0.1) is 5.10 Å². The third kappa shape index (κ3) is 3.96. The minimum atomic E-state index is 0.824. The number of hydrogen-bond donors (Lipinski definition) is 0. The fourth-order valence-corrected chi connectivity index (χ4v) is 2.32. The van der Waals surface area contributed by atoms with Gasteiger partial charge in [-0.05, 0) is 29.8 Å². The molecule has 3 aromatic carbocycles. The predicted octanol–water partition coefficient (Wildman–Crippen LogP) is 4.57. The standard InChI is InChI=1S/C21H18N2O/c1-24-20-14-12-17(13-15-20)16-22-23-21(18-8-4-2-5-9-18)19-10-6-3-7-11-19/h2-16H,1H3/b22-16+. The molecule has 0 aliphatic heterocycles. The first-order valence-corrected chi connectivity index (χ1v) is 7.73. The quantitative estimate of drug-likeness (QED) is 0.502. The minimum Gasteiger partial charge on any atom is -0.497 e. The van der Waals surface area contributed by atoms with Crippen molar-refractivity contribution in [2.75, 3.05) is 7.11 Å². The first kappa shape index (κ1) is 15.7. The highest BCUT2D eigenvalue weighted by molar-refractivity contribution is 6.12. The van der Waals surface area contributed by atoms with Gasteiger partial charge in [0, 0.05) is 11.1 Å². The monoisotopic (exact) mass is 314 g/mol. The lowest BCUT2D eigenvalue weighted by Crippen LogP contribution is -2.02. The summed E-state index contributed by atoms with van der Waals surface area (Å²) in [5.74, 6) is 0.824. The Balaban J connectivity index is 1.90. The van der Waals surface area contributed by atoms with Crippen LogP contribution in [0, 0.1) is 0 Å². The van der Waals surface area contributed by atoms with E-state index in [1.807, 2.05) is 84.9 Å². The molecule has 0 atom stereocenters. The van der Waals surface area contributed by atoms with Gasteiger partial charge in [-0.3, -0.25) is 0 Å². The number of hydrogen-bond acceptors (Lipinski definition) is 3. The van der Waals surface area contributed by atoms with E-state index in [4.69, 9.17) is 4.74 Å². The average molecular weight is 314 g/mol. The van der Waals surface area contributed by atoms with E-state index in [2.05, 4.69) is 10.2 Å². The van der Waals surface area contributed by atoms with Crippen molar-refractivity contribution in [3.8, 4) is 5.75 Å². The van der Waals surface area contributed by atoms with Crippen LogP contribution in [0.2, 0.25) is 0 Å². The molecule has 0 heterocycles. The number of methoxy groups -OCH3 is 1. The smallest absolute Gasteiger partial charge is 0.118 e. The maximum absolute atomic E-state index is 5.16. The lowest BCUT2D eigenvalue weighted by atomic mass is 10.0. The topological polar surface area (TPSA) is 34.0 Å². The molecule has 24 heavy (non-hydrogen) atoms. The second-order valence-corrected chi connectivity index (χ2v) is 5.20. The average Bonchev–Trinajstić information content (AvgIpc) is 2.67. The Morgan fingerprint density at radius 3 is 1.79 bits per heavy atom. The summed E-state index contributed by atoms with van der Waals surface area (Å²) in [6.45, 7) is 0. The fourth-order valence-electron chi connectivity index (χ4n) is 2.32. The van der Waals surface area contributed by atoms with Crippen LogP contribution in [0.25, 0.3) is 0 Å². The number of nitrogens with zero attached hydrogens (tertiary/aromatic N) is 2. The van der Waals surface area contributed by atoms with Gasteiger partial charge < -0.3 is 4.74 Å². The molecule has 0 unspecified atom stereocenters. The molecule has 0 N–H and O–H groups in total. The highest BCUT2D eigenvalue weighted by atomic mass is 16.5. The lowest BCUT2D eigenvalue weighted by Gasteiger charge is -2.05. The molecule has 0 fully saturated rings. The SMILES string of the molecule is COc1ccc(/C=N/N=C(c2ccccc2)c2ccccc2)cc1. The van der Waals surface area contributed by atoms with Gasteiger partial charge in [-0.2, -0.15) is 5.10 Å². The van der Waals surface area contributed by atoms with Gasteiger partial charge in [0.25, 0.3) is 0 Å². The van der Waals surface area contributed by atoms with E-state index in [0.29, 0.717) is 0 Å². The minimum absolute atomic E-state index is 0.824. The van der Waals surface area contributed by atoms with Crippen molar-refractivity contribution in [1.29, 1.82) is 0 Å². The van der Waals surface area contributed by atoms with Gasteiger partial charge in [0.1, 0.15) is 11.5 Å². The van der Waals surface area contributed by atoms with Crippen LogP contribution in [0.4, 0.5) is 0 Å². The van der Waals surface area contributed by atoms with Crippen LogP contribution in [0.1, 0.15) is 16.7 Å². The van der Waals surface area contributed by atoms with Gasteiger partial charge >= 0.3 is 0 Å². The maximum Gasteiger partial charge on any atom is 0.118 e. The molecule has 0 spiro atoms. The third-order valence-corrected chi connectivity index (χ3v) is 3.57. The van der Waals surface area contributed by atoms with E-state index in [9.17, 15) is 0 Å². The molecular formula is C21H18N2O. The fraction of sp³-hybridized carbons (Fsp3) is 0.0476. The first-order chi connectivity index (χ1) is 11.9. The Morgan fingerprint density at radius 1 is 0.750 bits per heavy atom. The van der Waals surface area contributed by atoms with Crippen LogP contribution in [0.3, 0.4) is 0 Å². The highest BCUT2D eigenvalue weighted by Crippen LogP contribution is 2.12. The van der Waals surface area contributed by atoms with E-state index in [-0.39, 0.29) is 0 Å². The van der Waals surface area contributed by atoms with Crippen molar-refractivity contribution in [3.63, 3.8) is 0 Å². The van der Waals surface area contributed by atoms with Crippen molar-refractivity contribution in [1.82, 2.24) is 0 Å². The second kappa shape index (κ2) is 7.88. The Hall–Kier alpha value is -3.20. The van der Waals surface area contributed by atoms with Gasteiger partial charge in [-0.1, -0.05) is 60.7 Å². The van der Waals surface area contributed by atoms with Crippen molar-refractivity contribution in [3.05, 3.63) is 102 Å². The highest BCUT2D eigenvalue weighted by Gasteiger charge is 2.05. The molecule has 3 heteroatoms. The predicted molar refractivity (Wildman–Crippen MR) is 99.1 cm³/mol. The largest absolute Gasteiger partial charge is 0.497 e. The number of rotatable bonds is 5. The van der Waals surface area contributed by atoms with Crippen LogP contribution in [-0.2, 0) is 0 Å². The summed E-state index contributed by atoms with van der Waals surface area (Å²) in [7, 11) is 1.65. The van der Waals surface area contributed by atoms with E-state index in [1.165, 1.54) is 0 Å². The van der Waals surface area contributed by atoms with E-state index < -0.39 is 0 Å². The summed E-state index contributed by atoms with van der Waals surface area (Å²) in [4.78, 5) is 0. The molecule has 0 saturated heterocycles. The van der Waals surface area contributed by atoms with Crippen LogP contribution >= 0.6 is 0 Å². The van der Waals surface area contributed by atoms with Crippen LogP contribution in [0.5, 0.6) is 5.75 Å². The normalized spacial score (nSPS) is 10.5. The number of ether oxygens (including phenoxy) is 1. The Morgan fingerprint density at radius 2 is 1.29 bits per heavy atom. The molecule has 0 aromatic heterocycles. The summed E-state index contributed by atoms with van der Waals surface area (Å²) >= 11 is 0. The van der Waals surface area contributed by atoms with Crippen LogP contribution < -0.4 is 4.74 Å². The Bertz CT molecular complexity index is 781. The molecule has 3 rings (SSSR count). The van der Waals surface area contributed by atoms with Crippen LogP contribution in [0.15, 0.2) is 95.1 Å². The maximum atomic E-state index is 5.16. The first-order valence-electron chi connectivity index (χ1n) is 7.73. The van der Waals surface area contributed by atoms with Crippen molar-refractivity contribution in [2.45, 2.75) is 0 Å². The van der Waals surface area contributed by atoms with E-state index in [0.717, 1.165) is 28.2 Å². The molecule has 0 amide bonds. The van der Waals surface area contributed by atoms with Crippen LogP contribution in [-0.4, -0.2) is 19.0 Å². The zero-order chi connectivity index (χ0) is 16.6. The Labute approximate surface area is 142 Å². The molecular weight excluding hydrogens is 296 g/mol. The van der Waals surface area contributed by atoms with Gasteiger partial charge in [-0.25, -0.2) is 0 Å². The summed E-state index contributed by atoms with van der Waals surface area (Å²) in [5.41, 5.74) is 3.90. The summed E-state index contributed by atoms with van der Waals surface area (Å²) in [6.07, 6.45) is 1.74. The van der Waals surface area contributed by atoms with Gasteiger partial charge in [0.05, 0.1) is 13.3 Å². The molecule has 0 aliphatic carbocycles. The van der Waals surface area contributed by atoms with E-state index >= 15 is 0 Å². The molecule has 0 saturated carbocycles. The third-order valence-electron chi connectivity index (χ3n) is 3.57. The number of benzene rings is 3. The van der Waals surface area contributed by atoms with Crippen molar-refractivity contribution < 1.29 is 4.74 Å². The van der Waals surface area contributed by atoms with Gasteiger partial charge in [0.2, 0.25) is 0 Å². The molecule has 3 nitrogen and oxygen atoms in total. The lowest BCUT2D eigenvalue weighted by molar-refractivity contribution is 0.415. The summed E-state index contributed by atoms with van der Waals surface area (Å²) < 4.78 is 5.16. The van der Waals surface area contributed by atoms with Crippen molar-refractivity contribution >= 4 is 11.9 Å². The molecule has 3 aromatic rings. The molecule has 0 radical (unpaired) electrons. The summed E-state index contributed by atoms with van der Waals surface area (Å²) in [5, 5.41) is 8.73. The summed E-state index contributed by atoms with van der Waals surface area (Å²) in [6, 6.07) is 27.8. The Kier molecular flexibility index (Phi) is 5.15. The second-order valence-electron chi connectivity index (χ2n) is 5.20. The molecule has 0 bridgehead atoms.